The smallest absolute Gasteiger partial charge is 0.259 e. The van der Waals surface area contributed by atoms with E-state index in [1.54, 1.807) is 19.1 Å². The summed E-state index contributed by atoms with van der Waals surface area (Å²) in [7, 11) is 0. The molecule has 2 aromatic rings. The minimum atomic E-state index is -0.319. The number of fused-ring (bicyclic) bond motifs is 1. The molecule has 27 heavy (non-hydrogen) atoms. The minimum absolute atomic E-state index is 0.0175. The molecule has 0 radical (unpaired) electrons. The maximum atomic E-state index is 12.7. The van der Waals surface area contributed by atoms with Crippen molar-refractivity contribution in [3.05, 3.63) is 46.9 Å². The Labute approximate surface area is 157 Å². The zero-order valence-electron chi connectivity index (χ0n) is 15.4. The third kappa shape index (κ3) is 3.76. The van der Waals surface area contributed by atoms with Gasteiger partial charge in [-0.05, 0) is 50.5 Å². The molecule has 6 heteroatoms. The van der Waals surface area contributed by atoms with Crippen LogP contribution < -0.4 is 10.1 Å². The van der Waals surface area contributed by atoms with Crippen LogP contribution in [0.3, 0.4) is 0 Å². The Balaban J connectivity index is 1.42. The molecule has 142 valence electrons. The van der Waals surface area contributed by atoms with Gasteiger partial charge in [0.2, 0.25) is 0 Å². The summed E-state index contributed by atoms with van der Waals surface area (Å²) in [4.78, 5) is 25.0. The molecular formula is C21H23NO5. The number of aryl methyl sites for hydroxylation is 2. The van der Waals surface area contributed by atoms with E-state index in [0.29, 0.717) is 47.8 Å². The highest BCUT2D eigenvalue weighted by molar-refractivity contribution is 6.14. The SMILES string of the molecule is Cc1oc2c(c1C(=O)Nc1ccc(OCC3CCCO3)cc1)C(=O)CCC2. The number of anilines is 1. The van der Waals surface area contributed by atoms with Gasteiger partial charge in [-0.2, -0.15) is 0 Å². The number of carbonyl (C=O) groups excluding carboxylic acids is 2. The van der Waals surface area contributed by atoms with Crippen molar-refractivity contribution in [3.63, 3.8) is 0 Å². The minimum Gasteiger partial charge on any atom is -0.491 e. The summed E-state index contributed by atoms with van der Waals surface area (Å²) in [6.07, 6.45) is 4.21. The van der Waals surface area contributed by atoms with Gasteiger partial charge in [0.25, 0.3) is 5.91 Å². The Morgan fingerprint density at radius 3 is 2.78 bits per heavy atom. The van der Waals surface area contributed by atoms with E-state index in [1.165, 1.54) is 0 Å². The van der Waals surface area contributed by atoms with Gasteiger partial charge < -0.3 is 19.2 Å². The first-order valence-electron chi connectivity index (χ1n) is 9.43. The Kier molecular flexibility index (Phi) is 4.99. The second-order valence-electron chi connectivity index (χ2n) is 7.03. The number of furan rings is 1. The van der Waals surface area contributed by atoms with Crippen molar-refractivity contribution >= 4 is 17.4 Å². The molecule has 1 aliphatic carbocycles. The number of nitrogens with one attached hydrogen (secondary N) is 1. The van der Waals surface area contributed by atoms with Crippen LogP contribution in [0, 0.1) is 6.92 Å². The molecule has 0 saturated carbocycles. The van der Waals surface area contributed by atoms with E-state index in [2.05, 4.69) is 5.32 Å². The topological polar surface area (TPSA) is 77.8 Å². The zero-order chi connectivity index (χ0) is 18.8. The normalized spacial score (nSPS) is 19.0. The van der Waals surface area contributed by atoms with E-state index in [-0.39, 0.29) is 17.8 Å². The van der Waals surface area contributed by atoms with Gasteiger partial charge in [-0.25, -0.2) is 0 Å². The summed E-state index contributed by atoms with van der Waals surface area (Å²) in [5.74, 6) is 1.52. The lowest BCUT2D eigenvalue weighted by atomic mass is 9.93. The molecule has 1 amide bonds. The van der Waals surface area contributed by atoms with Crippen molar-refractivity contribution < 1.29 is 23.5 Å². The van der Waals surface area contributed by atoms with Crippen molar-refractivity contribution in [2.75, 3.05) is 18.5 Å². The predicted molar refractivity (Wildman–Crippen MR) is 99.6 cm³/mol. The van der Waals surface area contributed by atoms with Crippen LogP contribution in [-0.4, -0.2) is 31.0 Å². The highest BCUT2D eigenvalue weighted by atomic mass is 16.5. The van der Waals surface area contributed by atoms with Crippen LogP contribution in [-0.2, 0) is 11.2 Å². The summed E-state index contributed by atoms with van der Waals surface area (Å²) in [6, 6.07) is 7.19. The first-order chi connectivity index (χ1) is 13.1. The fraction of sp³-hybridized carbons (Fsp3) is 0.429. The number of rotatable bonds is 5. The highest BCUT2D eigenvalue weighted by Gasteiger charge is 2.30. The lowest BCUT2D eigenvalue weighted by Gasteiger charge is -2.12. The van der Waals surface area contributed by atoms with Crippen LogP contribution in [0.25, 0.3) is 0 Å². The molecule has 1 atom stereocenters. The summed E-state index contributed by atoms with van der Waals surface area (Å²) >= 11 is 0. The molecular weight excluding hydrogens is 346 g/mol. The van der Waals surface area contributed by atoms with E-state index in [9.17, 15) is 9.59 Å². The molecule has 2 heterocycles. The van der Waals surface area contributed by atoms with Gasteiger partial charge in [0.05, 0.1) is 17.2 Å². The van der Waals surface area contributed by atoms with Crippen molar-refractivity contribution in [1.29, 1.82) is 0 Å². The molecule has 1 saturated heterocycles. The van der Waals surface area contributed by atoms with Gasteiger partial charge >= 0.3 is 0 Å². The molecule has 0 bridgehead atoms. The fourth-order valence-electron chi connectivity index (χ4n) is 3.67. The first-order valence-corrected chi connectivity index (χ1v) is 9.43. The first kappa shape index (κ1) is 17.8. The average molecular weight is 369 g/mol. The molecule has 1 N–H and O–H groups in total. The van der Waals surface area contributed by atoms with E-state index in [4.69, 9.17) is 13.9 Å². The fourth-order valence-corrected chi connectivity index (χ4v) is 3.67. The predicted octanol–water partition coefficient (Wildman–Crippen LogP) is 3.92. The molecule has 1 unspecified atom stereocenters. The molecule has 0 spiro atoms. The van der Waals surface area contributed by atoms with Gasteiger partial charge in [0.1, 0.15) is 23.9 Å². The van der Waals surface area contributed by atoms with Gasteiger partial charge in [0, 0.05) is 25.1 Å². The van der Waals surface area contributed by atoms with Gasteiger partial charge in [0.15, 0.2) is 5.78 Å². The molecule has 4 rings (SSSR count). The number of carbonyl (C=O) groups is 2. The van der Waals surface area contributed by atoms with Crippen molar-refractivity contribution in [3.8, 4) is 5.75 Å². The van der Waals surface area contributed by atoms with E-state index >= 15 is 0 Å². The average Bonchev–Trinajstić information content (AvgIpc) is 3.28. The number of hydrogen-bond acceptors (Lipinski definition) is 5. The Bertz CT molecular complexity index is 846. The summed E-state index contributed by atoms with van der Waals surface area (Å²) < 4.78 is 16.9. The van der Waals surface area contributed by atoms with Crippen LogP contribution >= 0.6 is 0 Å². The quantitative estimate of drug-likeness (QED) is 0.864. The third-order valence-electron chi connectivity index (χ3n) is 5.04. The van der Waals surface area contributed by atoms with Crippen molar-refractivity contribution in [2.24, 2.45) is 0 Å². The Morgan fingerprint density at radius 1 is 1.22 bits per heavy atom. The molecule has 1 aromatic heterocycles. The standard InChI is InChI=1S/C21H23NO5/c1-13-19(20-17(23)5-2-6-18(20)27-13)21(24)22-14-7-9-15(10-8-14)26-12-16-4-3-11-25-16/h7-10,16H,2-6,11-12H2,1H3,(H,22,24). The van der Waals surface area contributed by atoms with E-state index < -0.39 is 0 Å². The number of Topliss-reactive ketones (excluding diaryl/α,β-unsaturated/α-hetero) is 1. The van der Waals surface area contributed by atoms with Crippen LogP contribution in [0.15, 0.2) is 28.7 Å². The van der Waals surface area contributed by atoms with E-state index in [0.717, 1.165) is 31.6 Å². The van der Waals surface area contributed by atoms with Crippen LogP contribution in [0.2, 0.25) is 0 Å². The molecule has 1 aromatic carbocycles. The summed E-state index contributed by atoms with van der Waals surface area (Å²) in [5.41, 5.74) is 1.45. The number of ether oxygens (including phenoxy) is 2. The lowest BCUT2D eigenvalue weighted by Crippen LogP contribution is -2.18. The molecule has 6 nitrogen and oxygen atoms in total. The number of amides is 1. The maximum Gasteiger partial charge on any atom is 0.259 e. The van der Waals surface area contributed by atoms with Crippen molar-refractivity contribution in [1.82, 2.24) is 0 Å². The largest absolute Gasteiger partial charge is 0.491 e. The zero-order valence-corrected chi connectivity index (χ0v) is 15.4. The summed E-state index contributed by atoms with van der Waals surface area (Å²) in [5, 5.41) is 2.85. The molecule has 1 fully saturated rings. The molecule has 2 aliphatic rings. The summed E-state index contributed by atoms with van der Waals surface area (Å²) in [6.45, 7) is 3.06. The number of hydrogen-bond donors (Lipinski definition) is 1. The van der Waals surface area contributed by atoms with E-state index in [1.807, 2.05) is 12.1 Å². The van der Waals surface area contributed by atoms with Gasteiger partial charge in [-0.1, -0.05) is 0 Å². The second kappa shape index (κ2) is 7.56. The Hall–Kier alpha value is -2.60. The molecule has 1 aliphatic heterocycles. The highest BCUT2D eigenvalue weighted by Crippen LogP contribution is 2.30. The van der Waals surface area contributed by atoms with Crippen LogP contribution in [0.5, 0.6) is 5.75 Å². The number of benzene rings is 1. The third-order valence-corrected chi connectivity index (χ3v) is 5.04. The van der Waals surface area contributed by atoms with Gasteiger partial charge in [-0.3, -0.25) is 9.59 Å². The van der Waals surface area contributed by atoms with Crippen LogP contribution in [0.4, 0.5) is 5.69 Å². The second-order valence-corrected chi connectivity index (χ2v) is 7.03. The van der Waals surface area contributed by atoms with Crippen molar-refractivity contribution in [2.45, 2.75) is 45.1 Å². The Morgan fingerprint density at radius 2 is 2.04 bits per heavy atom. The number of ketones is 1. The lowest BCUT2D eigenvalue weighted by molar-refractivity contribution is 0.0679. The van der Waals surface area contributed by atoms with Crippen LogP contribution in [0.1, 0.15) is 57.9 Å². The maximum absolute atomic E-state index is 12.7. The van der Waals surface area contributed by atoms with Gasteiger partial charge in [-0.15, -0.1) is 0 Å². The monoisotopic (exact) mass is 369 g/mol.